The molecule has 2 N–H and O–H groups in total. The van der Waals surface area contributed by atoms with Gasteiger partial charge in [0.15, 0.2) is 5.78 Å². The van der Waals surface area contributed by atoms with Crippen LogP contribution in [0.15, 0.2) is 22.7 Å². The lowest BCUT2D eigenvalue weighted by molar-refractivity contribution is 0.0909. The highest BCUT2D eigenvalue weighted by Crippen LogP contribution is 2.29. The second-order valence-electron chi connectivity index (χ2n) is 4.78. The van der Waals surface area contributed by atoms with Crippen molar-refractivity contribution in [1.82, 2.24) is 0 Å². The Morgan fingerprint density at radius 2 is 1.82 bits per heavy atom. The molecule has 0 amide bonds. The lowest BCUT2D eigenvalue weighted by atomic mass is 9.90. The highest BCUT2D eigenvalue weighted by molar-refractivity contribution is 9.10. The van der Waals surface area contributed by atoms with Gasteiger partial charge in [-0.3, -0.25) is 4.79 Å². The second-order valence-corrected chi connectivity index (χ2v) is 5.70. The van der Waals surface area contributed by atoms with Crippen molar-refractivity contribution in [2.45, 2.75) is 38.5 Å². The molecular weight excluding hydrogens is 278 g/mol. The van der Waals surface area contributed by atoms with Crippen molar-refractivity contribution in [1.29, 1.82) is 0 Å². The van der Waals surface area contributed by atoms with E-state index in [2.05, 4.69) is 15.9 Å². The lowest BCUT2D eigenvalue weighted by Gasteiger charge is -2.14. The Labute approximate surface area is 111 Å². The molecular formula is C14H18BrNO. The molecule has 17 heavy (non-hydrogen) atoms. The average Bonchev–Trinajstić information content (AvgIpc) is 2.60. The second kappa shape index (κ2) is 5.67. The number of carbonyl (C=O) groups excluding carboxylic acids is 1. The topological polar surface area (TPSA) is 43.1 Å². The Balaban J connectivity index is 2.20. The monoisotopic (exact) mass is 295 g/mol. The molecule has 0 unspecified atom stereocenters. The number of benzene rings is 1. The fourth-order valence-corrected chi connectivity index (χ4v) is 2.86. The largest absolute Gasteiger partial charge is 0.398 e. The van der Waals surface area contributed by atoms with E-state index >= 15 is 0 Å². The molecule has 92 valence electrons. The number of ketones is 1. The van der Waals surface area contributed by atoms with Crippen molar-refractivity contribution < 1.29 is 4.79 Å². The number of nitrogen functional groups attached to an aromatic ring is 1. The number of hydrogen-bond acceptors (Lipinski definition) is 2. The molecule has 1 aromatic carbocycles. The van der Waals surface area contributed by atoms with Crippen molar-refractivity contribution >= 4 is 27.4 Å². The van der Waals surface area contributed by atoms with E-state index in [1.165, 1.54) is 25.7 Å². The van der Waals surface area contributed by atoms with Crippen LogP contribution in [0.1, 0.15) is 48.9 Å². The highest BCUT2D eigenvalue weighted by Gasteiger charge is 2.22. The minimum absolute atomic E-state index is 0.175. The van der Waals surface area contributed by atoms with Crippen molar-refractivity contribution in [2.75, 3.05) is 5.73 Å². The van der Waals surface area contributed by atoms with Gasteiger partial charge in [0, 0.05) is 21.6 Å². The van der Waals surface area contributed by atoms with Gasteiger partial charge in [-0.05, 0) is 31.0 Å². The summed E-state index contributed by atoms with van der Waals surface area (Å²) in [5, 5.41) is 0. The molecule has 2 nitrogen and oxygen atoms in total. The van der Waals surface area contributed by atoms with Gasteiger partial charge in [0.05, 0.1) is 0 Å². The third kappa shape index (κ3) is 3.09. The molecule has 0 saturated heterocycles. The summed E-state index contributed by atoms with van der Waals surface area (Å²) >= 11 is 3.40. The van der Waals surface area contributed by atoms with Crippen LogP contribution in [-0.2, 0) is 0 Å². The highest BCUT2D eigenvalue weighted by atomic mass is 79.9. The molecule has 0 heterocycles. The van der Waals surface area contributed by atoms with Gasteiger partial charge in [-0.25, -0.2) is 0 Å². The van der Waals surface area contributed by atoms with Crippen molar-refractivity contribution in [2.24, 2.45) is 5.92 Å². The van der Waals surface area contributed by atoms with Crippen LogP contribution in [0, 0.1) is 5.92 Å². The SMILES string of the molecule is Nc1ccc(Br)cc1C(=O)C1CCCCCC1. The number of carbonyl (C=O) groups is 1. The van der Waals surface area contributed by atoms with Crippen LogP contribution in [0.2, 0.25) is 0 Å². The van der Waals surface area contributed by atoms with Gasteiger partial charge in [-0.1, -0.05) is 41.6 Å². The first kappa shape index (κ1) is 12.6. The number of nitrogens with two attached hydrogens (primary N) is 1. The predicted molar refractivity (Wildman–Crippen MR) is 74.1 cm³/mol. The Hall–Kier alpha value is -0.830. The molecule has 0 radical (unpaired) electrons. The van der Waals surface area contributed by atoms with Crippen LogP contribution in [0.3, 0.4) is 0 Å². The molecule has 1 saturated carbocycles. The van der Waals surface area contributed by atoms with Gasteiger partial charge in [-0.15, -0.1) is 0 Å². The Kier molecular flexibility index (Phi) is 4.21. The first-order valence-electron chi connectivity index (χ1n) is 6.27. The molecule has 0 aliphatic heterocycles. The third-order valence-corrected chi connectivity index (χ3v) is 4.00. The minimum atomic E-state index is 0.175. The maximum atomic E-state index is 12.4. The molecule has 1 aromatic rings. The van der Waals surface area contributed by atoms with Crippen LogP contribution < -0.4 is 5.73 Å². The van der Waals surface area contributed by atoms with Gasteiger partial charge in [0.1, 0.15) is 0 Å². The van der Waals surface area contributed by atoms with Gasteiger partial charge in [0.2, 0.25) is 0 Å². The van der Waals surface area contributed by atoms with E-state index in [-0.39, 0.29) is 11.7 Å². The van der Waals surface area contributed by atoms with E-state index < -0.39 is 0 Å². The van der Waals surface area contributed by atoms with E-state index in [4.69, 9.17) is 5.73 Å². The van der Waals surface area contributed by atoms with Crippen LogP contribution in [0.4, 0.5) is 5.69 Å². The van der Waals surface area contributed by atoms with Crippen LogP contribution >= 0.6 is 15.9 Å². The Morgan fingerprint density at radius 1 is 1.18 bits per heavy atom. The van der Waals surface area contributed by atoms with E-state index in [0.717, 1.165) is 17.3 Å². The quantitative estimate of drug-likeness (QED) is 0.505. The maximum absolute atomic E-state index is 12.4. The van der Waals surface area contributed by atoms with E-state index in [0.29, 0.717) is 11.3 Å². The number of anilines is 1. The summed E-state index contributed by atoms with van der Waals surface area (Å²) in [6.07, 6.45) is 6.90. The van der Waals surface area contributed by atoms with E-state index in [1.807, 2.05) is 12.1 Å². The number of hydrogen-bond donors (Lipinski definition) is 1. The maximum Gasteiger partial charge on any atom is 0.168 e. The molecule has 1 aliphatic carbocycles. The standard InChI is InChI=1S/C14H18BrNO/c15-11-7-8-13(16)12(9-11)14(17)10-5-3-1-2-4-6-10/h7-10H,1-6,16H2. The summed E-state index contributed by atoms with van der Waals surface area (Å²) in [4.78, 5) is 12.4. The summed E-state index contributed by atoms with van der Waals surface area (Å²) in [6.45, 7) is 0. The van der Waals surface area contributed by atoms with E-state index in [9.17, 15) is 4.79 Å². The minimum Gasteiger partial charge on any atom is -0.398 e. The van der Waals surface area contributed by atoms with Gasteiger partial charge >= 0.3 is 0 Å². The molecule has 0 atom stereocenters. The van der Waals surface area contributed by atoms with Gasteiger partial charge < -0.3 is 5.73 Å². The normalized spacial score (nSPS) is 17.7. The Morgan fingerprint density at radius 3 is 2.47 bits per heavy atom. The fourth-order valence-electron chi connectivity index (χ4n) is 2.50. The van der Waals surface area contributed by atoms with E-state index in [1.54, 1.807) is 6.07 Å². The van der Waals surface area contributed by atoms with Crippen LogP contribution in [0.25, 0.3) is 0 Å². The first-order valence-corrected chi connectivity index (χ1v) is 7.07. The smallest absolute Gasteiger partial charge is 0.168 e. The predicted octanol–water partition coefficient (Wildman–Crippen LogP) is 4.18. The third-order valence-electron chi connectivity index (χ3n) is 3.51. The molecule has 1 fully saturated rings. The van der Waals surface area contributed by atoms with Gasteiger partial charge in [-0.2, -0.15) is 0 Å². The molecule has 0 spiro atoms. The number of halogens is 1. The molecule has 1 aliphatic rings. The van der Waals surface area contributed by atoms with Crippen LogP contribution in [-0.4, -0.2) is 5.78 Å². The molecule has 0 bridgehead atoms. The van der Waals surface area contributed by atoms with Crippen LogP contribution in [0.5, 0.6) is 0 Å². The van der Waals surface area contributed by atoms with Gasteiger partial charge in [0.25, 0.3) is 0 Å². The summed E-state index contributed by atoms with van der Waals surface area (Å²) in [6, 6.07) is 5.52. The molecule has 2 rings (SSSR count). The zero-order valence-electron chi connectivity index (χ0n) is 9.92. The average molecular weight is 296 g/mol. The summed E-state index contributed by atoms with van der Waals surface area (Å²) in [7, 11) is 0. The van der Waals surface area contributed by atoms with Crippen molar-refractivity contribution in [3.63, 3.8) is 0 Å². The van der Waals surface area contributed by atoms with Crippen molar-refractivity contribution in [3.05, 3.63) is 28.2 Å². The lowest BCUT2D eigenvalue weighted by Crippen LogP contribution is -2.15. The zero-order valence-corrected chi connectivity index (χ0v) is 11.5. The fraction of sp³-hybridized carbons (Fsp3) is 0.500. The van der Waals surface area contributed by atoms with Crippen molar-refractivity contribution in [3.8, 4) is 0 Å². The number of Topliss-reactive ketones (excluding diaryl/α,β-unsaturated/α-hetero) is 1. The summed E-state index contributed by atoms with van der Waals surface area (Å²) in [5.74, 6) is 0.403. The summed E-state index contributed by atoms with van der Waals surface area (Å²) in [5.41, 5.74) is 7.18. The zero-order chi connectivity index (χ0) is 12.3. The molecule has 3 heteroatoms. The number of rotatable bonds is 2. The summed E-state index contributed by atoms with van der Waals surface area (Å²) < 4.78 is 0.920. The molecule has 0 aromatic heterocycles. The Bertz CT molecular complexity index is 409. The first-order chi connectivity index (χ1) is 8.18.